The molecule has 33 heavy (non-hydrogen) atoms. The van der Waals surface area contributed by atoms with E-state index in [9.17, 15) is 0 Å². The van der Waals surface area contributed by atoms with Crippen molar-refractivity contribution in [1.29, 1.82) is 0 Å². The molecule has 2 aliphatic heterocycles. The number of morpholine rings is 1. The second-order valence-corrected chi connectivity index (χ2v) is 9.03. The van der Waals surface area contributed by atoms with Gasteiger partial charge in [0.25, 0.3) is 0 Å². The van der Waals surface area contributed by atoms with Crippen LogP contribution in [-0.2, 0) is 4.74 Å². The molecule has 9 heteroatoms. The molecule has 0 saturated carbocycles. The molecule has 4 heterocycles. The van der Waals surface area contributed by atoms with E-state index in [1.54, 1.807) is 6.33 Å². The Morgan fingerprint density at radius 1 is 1.15 bits per heavy atom. The third kappa shape index (κ3) is 5.26. The monoisotopic (exact) mass is 451 g/mol. The van der Waals surface area contributed by atoms with Gasteiger partial charge in [0.05, 0.1) is 30.0 Å². The lowest BCUT2D eigenvalue weighted by atomic mass is 10.1. The normalized spacial score (nSPS) is 20.0. The predicted octanol–water partition coefficient (Wildman–Crippen LogP) is 2.31. The van der Waals surface area contributed by atoms with Crippen molar-refractivity contribution in [3.05, 3.63) is 30.6 Å². The zero-order valence-electron chi connectivity index (χ0n) is 19.5. The standard InChI is InChI=1S/C24H33N7O2/c1-17(2)33-18-3-4-21-20(13-18)24(29-28-21)22-14-23(27-16-26-22)31-11-12-32-19(15-31)5-8-30-9-6-25-7-10-30/h3-4,13-14,16-17,19,25H,5-12,15H2,1-2H3,(H,28,29)/t19-/m1/s1. The van der Waals surface area contributed by atoms with E-state index < -0.39 is 0 Å². The molecule has 5 rings (SSSR count). The van der Waals surface area contributed by atoms with Crippen molar-refractivity contribution in [1.82, 2.24) is 30.4 Å². The van der Waals surface area contributed by atoms with Crippen molar-refractivity contribution in [2.75, 3.05) is 57.3 Å². The highest BCUT2D eigenvalue weighted by molar-refractivity contribution is 5.93. The van der Waals surface area contributed by atoms with Crippen molar-refractivity contribution in [3.8, 4) is 17.1 Å². The van der Waals surface area contributed by atoms with E-state index in [0.29, 0.717) is 6.61 Å². The maximum Gasteiger partial charge on any atom is 0.132 e. The number of benzene rings is 1. The minimum absolute atomic E-state index is 0.115. The molecule has 176 valence electrons. The first kappa shape index (κ1) is 22.1. The second kappa shape index (κ2) is 10.0. The van der Waals surface area contributed by atoms with E-state index in [2.05, 4.69) is 35.3 Å². The molecular formula is C24H33N7O2. The van der Waals surface area contributed by atoms with Crippen LogP contribution in [0.15, 0.2) is 30.6 Å². The summed E-state index contributed by atoms with van der Waals surface area (Å²) in [6.07, 6.45) is 3.00. The maximum absolute atomic E-state index is 6.07. The number of aromatic nitrogens is 4. The number of anilines is 1. The first-order chi connectivity index (χ1) is 16.2. The molecule has 3 aromatic rings. The highest BCUT2D eigenvalue weighted by Gasteiger charge is 2.23. The molecule has 9 nitrogen and oxygen atoms in total. The van der Waals surface area contributed by atoms with Crippen LogP contribution in [0.25, 0.3) is 22.3 Å². The third-order valence-electron chi connectivity index (χ3n) is 6.24. The Kier molecular flexibility index (Phi) is 6.70. The molecule has 2 aromatic heterocycles. The molecule has 0 amide bonds. The highest BCUT2D eigenvalue weighted by Crippen LogP contribution is 2.30. The van der Waals surface area contributed by atoms with Crippen LogP contribution in [0.5, 0.6) is 5.75 Å². The molecule has 0 spiro atoms. The van der Waals surface area contributed by atoms with Gasteiger partial charge in [-0.2, -0.15) is 5.10 Å². The molecule has 2 fully saturated rings. The molecule has 0 aliphatic carbocycles. The number of piperazine rings is 1. The van der Waals surface area contributed by atoms with Crippen LogP contribution in [0.4, 0.5) is 5.82 Å². The first-order valence-corrected chi connectivity index (χ1v) is 11.9. The van der Waals surface area contributed by atoms with Crippen molar-refractivity contribution >= 4 is 16.7 Å². The summed E-state index contributed by atoms with van der Waals surface area (Å²) in [7, 11) is 0. The van der Waals surface area contributed by atoms with Gasteiger partial charge < -0.3 is 24.6 Å². The van der Waals surface area contributed by atoms with Crippen LogP contribution in [0, 0.1) is 0 Å². The van der Waals surface area contributed by atoms with Crippen LogP contribution in [0.3, 0.4) is 0 Å². The fraction of sp³-hybridized carbons (Fsp3) is 0.542. The van der Waals surface area contributed by atoms with Gasteiger partial charge in [-0.15, -0.1) is 0 Å². The summed E-state index contributed by atoms with van der Waals surface area (Å²) in [5.41, 5.74) is 2.57. The second-order valence-electron chi connectivity index (χ2n) is 9.03. The van der Waals surface area contributed by atoms with E-state index >= 15 is 0 Å². The van der Waals surface area contributed by atoms with Gasteiger partial charge in [0.1, 0.15) is 23.6 Å². The van der Waals surface area contributed by atoms with E-state index in [1.165, 1.54) is 0 Å². The lowest BCUT2D eigenvalue weighted by molar-refractivity contribution is 0.0274. The largest absolute Gasteiger partial charge is 0.491 e. The van der Waals surface area contributed by atoms with E-state index in [1.807, 2.05) is 38.1 Å². The molecule has 2 saturated heterocycles. The predicted molar refractivity (Wildman–Crippen MR) is 129 cm³/mol. The quantitative estimate of drug-likeness (QED) is 0.566. The summed E-state index contributed by atoms with van der Waals surface area (Å²) in [4.78, 5) is 13.9. The summed E-state index contributed by atoms with van der Waals surface area (Å²) in [5.74, 6) is 1.75. The Labute approximate surface area is 194 Å². The number of rotatable bonds is 7. The fourth-order valence-electron chi connectivity index (χ4n) is 4.55. The van der Waals surface area contributed by atoms with Gasteiger partial charge in [-0.05, 0) is 38.5 Å². The van der Waals surface area contributed by atoms with Crippen LogP contribution < -0.4 is 15.0 Å². The number of hydrogen-bond acceptors (Lipinski definition) is 8. The fourth-order valence-corrected chi connectivity index (χ4v) is 4.55. The van der Waals surface area contributed by atoms with E-state index in [-0.39, 0.29) is 12.2 Å². The van der Waals surface area contributed by atoms with Gasteiger partial charge in [-0.1, -0.05) is 0 Å². The molecule has 1 atom stereocenters. The van der Waals surface area contributed by atoms with Gasteiger partial charge in [0.15, 0.2) is 0 Å². The molecule has 1 aromatic carbocycles. The number of hydrogen-bond donors (Lipinski definition) is 2. The van der Waals surface area contributed by atoms with Crippen LogP contribution in [0.1, 0.15) is 20.3 Å². The van der Waals surface area contributed by atoms with Gasteiger partial charge in [0, 0.05) is 57.3 Å². The Morgan fingerprint density at radius 3 is 2.88 bits per heavy atom. The summed E-state index contributed by atoms with van der Waals surface area (Å²) in [6, 6.07) is 8.02. The topological polar surface area (TPSA) is 91.4 Å². The molecule has 2 N–H and O–H groups in total. The molecule has 0 radical (unpaired) electrons. The van der Waals surface area contributed by atoms with Gasteiger partial charge in [0.2, 0.25) is 0 Å². The average Bonchev–Trinajstić information content (AvgIpc) is 3.27. The minimum atomic E-state index is 0.115. The first-order valence-electron chi connectivity index (χ1n) is 11.9. The summed E-state index contributed by atoms with van der Waals surface area (Å²) < 4.78 is 11.9. The number of H-pyrrole nitrogens is 1. The number of fused-ring (bicyclic) bond motifs is 1. The average molecular weight is 452 g/mol. The van der Waals surface area contributed by atoms with Gasteiger partial charge >= 0.3 is 0 Å². The summed E-state index contributed by atoms with van der Waals surface area (Å²) >= 11 is 0. The molecule has 0 bridgehead atoms. The van der Waals surface area contributed by atoms with E-state index in [4.69, 9.17) is 9.47 Å². The Hall–Kier alpha value is -2.75. The van der Waals surface area contributed by atoms with Gasteiger partial charge in [-0.25, -0.2) is 9.97 Å². The van der Waals surface area contributed by atoms with E-state index in [0.717, 1.165) is 86.1 Å². The molecule has 0 unspecified atom stereocenters. The smallest absolute Gasteiger partial charge is 0.132 e. The van der Waals surface area contributed by atoms with Gasteiger partial charge in [-0.3, -0.25) is 5.10 Å². The summed E-state index contributed by atoms with van der Waals surface area (Å²) in [5, 5.41) is 12.1. The zero-order chi connectivity index (χ0) is 22.6. The number of nitrogens with zero attached hydrogens (tertiary/aromatic N) is 5. The molecule has 2 aliphatic rings. The SMILES string of the molecule is CC(C)Oc1ccc2[nH]nc(-c3cc(N4CCO[C@H](CCN5CCNCC5)C4)ncn3)c2c1. The lowest BCUT2D eigenvalue weighted by Crippen LogP contribution is -2.47. The van der Waals surface area contributed by atoms with Crippen LogP contribution >= 0.6 is 0 Å². The van der Waals surface area contributed by atoms with Crippen LogP contribution in [-0.4, -0.2) is 89.7 Å². The summed E-state index contributed by atoms with van der Waals surface area (Å²) in [6.45, 7) is 11.9. The maximum atomic E-state index is 6.07. The highest BCUT2D eigenvalue weighted by atomic mass is 16.5. The van der Waals surface area contributed by atoms with Crippen molar-refractivity contribution in [2.24, 2.45) is 0 Å². The zero-order valence-corrected chi connectivity index (χ0v) is 19.5. The lowest BCUT2D eigenvalue weighted by Gasteiger charge is -2.35. The van der Waals surface area contributed by atoms with Crippen molar-refractivity contribution in [2.45, 2.75) is 32.5 Å². The van der Waals surface area contributed by atoms with Crippen LogP contribution in [0.2, 0.25) is 0 Å². The number of ether oxygens (including phenoxy) is 2. The van der Waals surface area contributed by atoms with Crippen molar-refractivity contribution < 1.29 is 9.47 Å². The number of nitrogens with one attached hydrogen (secondary N) is 2. The number of aromatic amines is 1. The Morgan fingerprint density at radius 2 is 2.03 bits per heavy atom. The van der Waals surface area contributed by atoms with Crippen molar-refractivity contribution in [3.63, 3.8) is 0 Å². The minimum Gasteiger partial charge on any atom is -0.491 e. The Balaban J connectivity index is 1.30. The molecular weight excluding hydrogens is 418 g/mol. The third-order valence-corrected chi connectivity index (χ3v) is 6.24. The Bertz CT molecular complexity index is 1060.